The highest BCUT2D eigenvalue weighted by molar-refractivity contribution is 5.57. The summed E-state index contributed by atoms with van der Waals surface area (Å²) in [6.45, 7) is 2.23. The molecule has 2 heteroatoms. The normalized spacial score (nSPS) is 16.9. The van der Waals surface area contributed by atoms with Crippen molar-refractivity contribution in [1.29, 1.82) is 0 Å². The van der Waals surface area contributed by atoms with Crippen molar-refractivity contribution in [1.82, 2.24) is 4.90 Å². The van der Waals surface area contributed by atoms with Gasteiger partial charge < -0.3 is 9.80 Å². The topological polar surface area (TPSA) is 6.48 Å². The van der Waals surface area contributed by atoms with E-state index in [1.165, 1.54) is 16.8 Å². The Labute approximate surface area is 110 Å². The smallest absolute Gasteiger partial charge is 0.0361 e. The zero-order valence-corrected chi connectivity index (χ0v) is 11.6. The first-order valence-electron chi connectivity index (χ1n) is 6.48. The van der Waals surface area contributed by atoms with Gasteiger partial charge in [-0.15, -0.1) is 0 Å². The standard InChI is InChI=1S/C16H22N2/c1-17(2)16-8-6-14(7-9-16)4-5-15-10-12-18(3)13-11-15/h4-10H,11-13H2,1-3H3. The molecular weight excluding hydrogens is 220 g/mol. The molecule has 1 aromatic rings. The summed E-state index contributed by atoms with van der Waals surface area (Å²) in [5.74, 6) is 0. The Bertz CT molecular complexity index is 441. The van der Waals surface area contributed by atoms with Crippen molar-refractivity contribution in [2.45, 2.75) is 6.42 Å². The number of anilines is 1. The molecule has 1 aliphatic heterocycles. The Balaban J connectivity index is 2.01. The fraction of sp³-hybridized carbons (Fsp3) is 0.375. The van der Waals surface area contributed by atoms with Gasteiger partial charge in [-0.2, -0.15) is 0 Å². The molecule has 18 heavy (non-hydrogen) atoms. The van der Waals surface area contributed by atoms with Crippen molar-refractivity contribution in [3.8, 4) is 0 Å². The molecule has 1 aliphatic rings. The SMILES string of the molecule is CN1CC=C(C=Cc2ccc(N(C)C)cc2)CC1. The average molecular weight is 242 g/mol. The number of rotatable bonds is 3. The van der Waals surface area contributed by atoms with E-state index < -0.39 is 0 Å². The minimum Gasteiger partial charge on any atom is -0.378 e. The van der Waals surface area contributed by atoms with Crippen LogP contribution < -0.4 is 4.90 Å². The summed E-state index contributed by atoms with van der Waals surface area (Å²) in [5, 5.41) is 0. The monoisotopic (exact) mass is 242 g/mol. The van der Waals surface area contributed by atoms with Gasteiger partial charge in [0.05, 0.1) is 0 Å². The fourth-order valence-electron chi connectivity index (χ4n) is 2.02. The van der Waals surface area contributed by atoms with Crippen LogP contribution in [0.5, 0.6) is 0 Å². The Morgan fingerprint density at radius 1 is 1.11 bits per heavy atom. The second kappa shape index (κ2) is 5.87. The second-order valence-electron chi connectivity index (χ2n) is 5.11. The van der Waals surface area contributed by atoms with Gasteiger partial charge in [-0.3, -0.25) is 0 Å². The van der Waals surface area contributed by atoms with Gasteiger partial charge in [0.1, 0.15) is 0 Å². The first-order chi connectivity index (χ1) is 8.65. The molecule has 1 aromatic carbocycles. The third-order valence-electron chi connectivity index (χ3n) is 3.35. The molecule has 0 N–H and O–H groups in total. The van der Waals surface area contributed by atoms with Gasteiger partial charge in [0.2, 0.25) is 0 Å². The van der Waals surface area contributed by atoms with Gasteiger partial charge in [-0.25, -0.2) is 0 Å². The van der Waals surface area contributed by atoms with Crippen LogP contribution in [0.1, 0.15) is 12.0 Å². The van der Waals surface area contributed by atoms with Crippen LogP contribution in [-0.4, -0.2) is 39.1 Å². The van der Waals surface area contributed by atoms with Crippen LogP contribution in [0.3, 0.4) is 0 Å². The van der Waals surface area contributed by atoms with Gasteiger partial charge in [0.25, 0.3) is 0 Å². The highest BCUT2D eigenvalue weighted by atomic mass is 15.1. The summed E-state index contributed by atoms with van der Waals surface area (Å²) >= 11 is 0. The van der Waals surface area contributed by atoms with Crippen molar-refractivity contribution in [2.75, 3.05) is 39.1 Å². The number of nitrogens with zero attached hydrogens (tertiary/aromatic N) is 2. The van der Waals surface area contributed by atoms with Crippen molar-refractivity contribution < 1.29 is 0 Å². The van der Waals surface area contributed by atoms with Crippen LogP contribution in [0, 0.1) is 0 Å². The van der Waals surface area contributed by atoms with E-state index in [-0.39, 0.29) is 0 Å². The zero-order chi connectivity index (χ0) is 13.0. The Hall–Kier alpha value is -1.54. The lowest BCUT2D eigenvalue weighted by Crippen LogP contribution is -2.23. The summed E-state index contributed by atoms with van der Waals surface area (Å²) in [6, 6.07) is 8.65. The molecule has 0 aromatic heterocycles. The maximum Gasteiger partial charge on any atom is 0.0361 e. The van der Waals surface area contributed by atoms with E-state index in [1.54, 1.807) is 0 Å². The second-order valence-corrected chi connectivity index (χ2v) is 5.11. The molecule has 2 nitrogen and oxygen atoms in total. The fourth-order valence-corrected chi connectivity index (χ4v) is 2.02. The summed E-state index contributed by atoms with van der Waals surface area (Å²) < 4.78 is 0. The number of likely N-dealkylation sites (N-methyl/N-ethyl adjacent to an activating group) is 1. The maximum atomic E-state index is 2.34. The summed E-state index contributed by atoms with van der Waals surface area (Å²) in [5.41, 5.74) is 3.95. The Morgan fingerprint density at radius 3 is 2.39 bits per heavy atom. The lowest BCUT2D eigenvalue weighted by molar-refractivity contribution is 0.361. The molecule has 0 radical (unpaired) electrons. The van der Waals surface area contributed by atoms with E-state index in [0.29, 0.717) is 0 Å². The van der Waals surface area contributed by atoms with Crippen LogP contribution in [0.25, 0.3) is 6.08 Å². The molecule has 0 saturated heterocycles. The third-order valence-corrected chi connectivity index (χ3v) is 3.35. The van der Waals surface area contributed by atoms with Crippen LogP contribution in [0.4, 0.5) is 5.69 Å². The molecule has 0 saturated carbocycles. The number of allylic oxidation sites excluding steroid dienone is 1. The molecule has 0 unspecified atom stereocenters. The number of hydrogen-bond donors (Lipinski definition) is 0. The Kier molecular flexibility index (Phi) is 4.21. The lowest BCUT2D eigenvalue weighted by atomic mass is 10.1. The minimum absolute atomic E-state index is 1.07. The molecule has 96 valence electrons. The Morgan fingerprint density at radius 2 is 1.83 bits per heavy atom. The molecule has 0 atom stereocenters. The van der Waals surface area contributed by atoms with Gasteiger partial charge in [-0.1, -0.05) is 30.4 Å². The van der Waals surface area contributed by atoms with Crippen molar-refractivity contribution >= 4 is 11.8 Å². The maximum absolute atomic E-state index is 2.34. The predicted octanol–water partition coefficient (Wildman–Crippen LogP) is 3.03. The summed E-state index contributed by atoms with van der Waals surface area (Å²) in [6.07, 6.45) is 7.92. The first kappa shape index (κ1) is 12.9. The predicted molar refractivity (Wildman–Crippen MR) is 80.0 cm³/mol. The van der Waals surface area contributed by atoms with Gasteiger partial charge >= 0.3 is 0 Å². The summed E-state index contributed by atoms with van der Waals surface area (Å²) in [7, 11) is 6.29. The van der Waals surface area contributed by atoms with E-state index in [4.69, 9.17) is 0 Å². The zero-order valence-electron chi connectivity index (χ0n) is 11.6. The third kappa shape index (κ3) is 3.47. The quantitative estimate of drug-likeness (QED) is 0.804. The van der Waals surface area contributed by atoms with Crippen LogP contribution in [0.2, 0.25) is 0 Å². The van der Waals surface area contributed by atoms with Gasteiger partial charge in [0.15, 0.2) is 0 Å². The van der Waals surface area contributed by atoms with E-state index in [9.17, 15) is 0 Å². The molecule has 0 aliphatic carbocycles. The lowest BCUT2D eigenvalue weighted by Gasteiger charge is -2.20. The van der Waals surface area contributed by atoms with Gasteiger partial charge in [-0.05, 0) is 36.7 Å². The van der Waals surface area contributed by atoms with Gasteiger partial charge in [0, 0.05) is 32.9 Å². The molecule has 2 rings (SSSR count). The van der Waals surface area contributed by atoms with Crippen molar-refractivity contribution in [3.63, 3.8) is 0 Å². The molecule has 0 bridgehead atoms. The summed E-state index contributed by atoms with van der Waals surface area (Å²) in [4.78, 5) is 4.45. The average Bonchev–Trinajstić information content (AvgIpc) is 2.38. The number of hydrogen-bond acceptors (Lipinski definition) is 2. The van der Waals surface area contributed by atoms with E-state index in [0.717, 1.165) is 19.5 Å². The van der Waals surface area contributed by atoms with Crippen LogP contribution in [0.15, 0.2) is 42.0 Å². The molecule has 0 spiro atoms. The van der Waals surface area contributed by atoms with Crippen LogP contribution in [-0.2, 0) is 0 Å². The first-order valence-corrected chi connectivity index (χ1v) is 6.48. The highest BCUT2D eigenvalue weighted by Crippen LogP contribution is 2.16. The van der Waals surface area contributed by atoms with E-state index >= 15 is 0 Å². The van der Waals surface area contributed by atoms with Crippen molar-refractivity contribution in [2.24, 2.45) is 0 Å². The molecule has 1 heterocycles. The van der Waals surface area contributed by atoms with Crippen molar-refractivity contribution in [3.05, 3.63) is 47.6 Å². The van der Waals surface area contributed by atoms with E-state index in [2.05, 4.69) is 73.4 Å². The minimum atomic E-state index is 1.07. The number of benzene rings is 1. The van der Waals surface area contributed by atoms with Crippen LogP contribution >= 0.6 is 0 Å². The van der Waals surface area contributed by atoms with E-state index in [1.807, 2.05) is 0 Å². The largest absolute Gasteiger partial charge is 0.378 e. The molecule has 0 fully saturated rings. The highest BCUT2D eigenvalue weighted by Gasteiger charge is 2.04. The molecular formula is C16H22N2. The molecule has 0 amide bonds.